The second-order valence-electron chi connectivity index (χ2n) is 6.67. The topological polar surface area (TPSA) is 105 Å². The summed E-state index contributed by atoms with van der Waals surface area (Å²) in [6.45, 7) is 0.0931. The van der Waals surface area contributed by atoms with E-state index in [1.807, 2.05) is 0 Å². The Balaban J connectivity index is 1.51. The predicted molar refractivity (Wildman–Crippen MR) is 114 cm³/mol. The standard InChI is InChI=1S/C21H20BrN3O5/c1-30-12-19(27)24-15-5-2-4-14(11-15)23-18(26)6-3-9-25-20(28)16-8-7-13(22)10-17(16)21(25)29/h2,4-5,7-8,10-11H,3,6,9,12H2,1H3,(H,23,26)(H,24,27). The van der Waals surface area contributed by atoms with Gasteiger partial charge in [0.2, 0.25) is 11.8 Å². The number of amides is 4. The number of nitrogens with zero attached hydrogens (tertiary/aromatic N) is 1. The van der Waals surface area contributed by atoms with Gasteiger partial charge in [0.05, 0.1) is 11.1 Å². The van der Waals surface area contributed by atoms with Crippen molar-refractivity contribution in [2.24, 2.45) is 0 Å². The van der Waals surface area contributed by atoms with E-state index in [4.69, 9.17) is 4.74 Å². The number of imide groups is 1. The molecule has 0 saturated carbocycles. The van der Waals surface area contributed by atoms with Gasteiger partial charge in [0.15, 0.2) is 0 Å². The molecule has 156 valence electrons. The van der Waals surface area contributed by atoms with Crippen molar-refractivity contribution in [3.05, 3.63) is 58.1 Å². The lowest BCUT2D eigenvalue weighted by Gasteiger charge is -2.13. The number of carbonyl (C=O) groups is 4. The normalized spacial score (nSPS) is 12.7. The van der Waals surface area contributed by atoms with Gasteiger partial charge in [-0.05, 0) is 42.8 Å². The van der Waals surface area contributed by atoms with Crippen molar-refractivity contribution in [2.75, 3.05) is 30.9 Å². The van der Waals surface area contributed by atoms with Gasteiger partial charge in [-0.1, -0.05) is 22.0 Å². The van der Waals surface area contributed by atoms with Crippen LogP contribution >= 0.6 is 15.9 Å². The first-order valence-corrected chi connectivity index (χ1v) is 10.0. The van der Waals surface area contributed by atoms with E-state index in [1.54, 1.807) is 42.5 Å². The summed E-state index contributed by atoms with van der Waals surface area (Å²) in [5.41, 5.74) is 1.80. The minimum absolute atomic E-state index is 0.0641. The summed E-state index contributed by atoms with van der Waals surface area (Å²) >= 11 is 3.30. The fourth-order valence-electron chi connectivity index (χ4n) is 3.09. The quantitative estimate of drug-likeness (QED) is 0.573. The van der Waals surface area contributed by atoms with E-state index in [2.05, 4.69) is 26.6 Å². The highest BCUT2D eigenvalue weighted by molar-refractivity contribution is 9.10. The third-order valence-corrected chi connectivity index (χ3v) is 4.92. The van der Waals surface area contributed by atoms with Crippen LogP contribution in [0.25, 0.3) is 0 Å². The van der Waals surface area contributed by atoms with Crippen LogP contribution in [0.1, 0.15) is 33.6 Å². The van der Waals surface area contributed by atoms with Gasteiger partial charge in [-0.25, -0.2) is 0 Å². The van der Waals surface area contributed by atoms with Crippen LogP contribution in [-0.2, 0) is 14.3 Å². The molecule has 2 aromatic carbocycles. The van der Waals surface area contributed by atoms with Gasteiger partial charge in [0, 0.05) is 35.9 Å². The Morgan fingerprint density at radius 2 is 1.63 bits per heavy atom. The van der Waals surface area contributed by atoms with Gasteiger partial charge in [-0.2, -0.15) is 0 Å². The first-order chi connectivity index (χ1) is 14.4. The fraction of sp³-hybridized carbons (Fsp3) is 0.238. The van der Waals surface area contributed by atoms with Crippen LogP contribution in [-0.4, -0.2) is 48.8 Å². The molecule has 1 aliphatic heterocycles. The van der Waals surface area contributed by atoms with E-state index in [0.29, 0.717) is 28.9 Å². The van der Waals surface area contributed by atoms with Crippen molar-refractivity contribution >= 4 is 50.9 Å². The van der Waals surface area contributed by atoms with Crippen molar-refractivity contribution < 1.29 is 23.9 Å². The van der Waals surface area contributed by atoms with Crippen molar-refractivity contribution in [3.8, 4) is 0 Å². The molecular formula is C21H20BrN3O5. The number of carbonyl (C=O) groups excluding carboxylic acids is 4. The van der Waals surface area contributed by atoms with Crippen molar-refractivity contribution in [3.63, 3.8) is 0 Å². The molecule has 4 amide bonds. The molecule has 0 fully saturated rings. The highest BCUT2D eigenvalue weighted by Crippen LogP contribution is 2.26. The summed E-state index contributed by atoms with van der Waals surface area (Å²) in [5, 5.41) is 5.40. The second-order valence-corrected chi connectivity index (χ2v) is 7.58. The van der Waals surface area contributed by atoms with Gasteiger partial charge in [-0.3, -0.25) is 24.1 Å². The summed E-state index contributed by atoms with van der Waals surface area (Å²) < 4.78 is 5.49. The van der Waals surface area contributed by atoms with E-state index in [-0.39, 0.29) is 43.2 Å². The summed E-state index contributed by atoms with van der Waals surface area (Å²) in [6.07, 6.45) is 0.472. The van der Waals surface area contributed by atoms with Crippen LogP contribution in [0, 0.1) is 0 Å². The lowest BCUT2D eigenvalue weighted by molar-refractivity contribution is -0.119. The molecule has 1 aliphatic rings. The number of benzene rings is 2. The third kappa shape index (κ3) is 5.11. The monoisotopic (exact) mass is 473 g/mol. The van der Waals surface area contributed by atoms with Crippen LogP contribution in [0.2, 0.25) is 0 Å². The summed E-state index contributed by atoms with van der Waals surface area (Å²) in [6, 6.07) is 11.7. The van der Waals surface area contributed by atoms with Crippen LogP contribution in [0.4, 0.5) is 11.4 Å². The highest BCUT2D eigenvalue weighted by Gasteiger charge is 2.35. The zero-order valence-electron chi connectivity index (χ0n) is 16.2. The maximum atomic E-state index is 12.4. The van der Waals surface area contributed by atoms with Gasteiger partial charge in [-0.15, -0.1) is 0 Å². The molecule has 2 aromatic rings. The van der Waals surface area contributed by atoms with Crippen LogP contribution in [0.5, 0.6) is 0 Å². The van der Waals surface area contributed by atoms with Crippen molar-refractivity contribution in [1.29, 1.82) is 0 Å². The van der Waals surface area contributed by atoms with Gasteiger partial charge < -0.3 is 15.4 Å². The Hall–Kier alpha value is -3.04. The molecule has 2 N–H and O–H groups in total. The van der Waals surface area contributed by atoms with Gasteiger partial charge in [0.1, 0.15) is 6.61 Å². The number of ether oxygens (including phenoxy) is 1. The number of methoxy groups -OCH3 is 1. The first kappa shape index (κ1) is 21.7. The Bertz CT molecular complexity index is 1010. The third-order valence-electron chi connectivity index (χ3n) is 4.42. The minimum atomic E-state index is -0.351. The Morgan fingerprint density at radius 3 is 2.33 bits per heavy atom. The molecule has 30 heavy (non-hydrogen) atoms. The Morgan fingerprint density at radius 1 is 0.967 bits per heavy atom. The van der Waals surface area contributed by atoms with E-state index in [9.17, 15) is 19.2 Å². The van der Waals surface area contributed by atoms with Gasteiger partial charge >= 0.3 is 0 Å². The molecule has 0 atom stereocenters. The Kier molecular flexibility index (Phi) is 6.96. The van der Waals surface area contributed by atoms with Crippen LogP contribution < -0.4 is 10.6 Å². The first-order valence-electron chi connectivity index (χ1n) is 9.23. The summed E-state index contributed by atoms with van der Waals surface area (Å²) in [5.74, 6) is -1.25. The molecule has 3 rings (SSSR count). The highest BCUT2D eigenvalue weighted by atomic mass is 79.9. The molecule has 0 bridgehead atoms. The van der Waals surface area contributed by atoms with Gasteiger partial charge in [0.25, 0.3) is 11.8 Å². The molecule has 0 saturated heterocycles. The van der Waals surface area contributed by atoms with Crippen LogP contribution in [0.15, 0.2) is 46.9 Å². The zero-order chi connectivity index (χ0) is 21.7. The lowest BCUT2D eigenvalue weighted by Crippen LogP contribution is -2.31. The van der Waals surface area contributed by atoms with E-state index in [0.717, 1.165) is 9.37 Å². The largest absolute Gasteiger partial charge is 0.375 e. The smallest absolute Gasteiger partial charge is 0.261 e. The predicted octanol–water partition coefficient (Wildman–Crippen LogP) is 3.05. The molecule has 0 unspecified atom stereocenters. The molecular weight excluding hydrogens is 454 g/mol. The average molecular weight is 474 g/mol. The molecule has 0 aliphatic carbocycles. The van der Waals surface area contributed by atoms with E-state index < -0.39 is 0 Å². The van der Waals surface area contributed by atoms with Crippen LogP contribution in [0.3, 0.4) is 0 Å². The number of hydrogen-bond donors (Lipinski definition) is 2. The molecule has 8 nitrogen and oxygen atoms in total. The number of halogens is 1. The second kappa shape index (κ2) is 9.64. The number of fused-ring (bicyclic) bond motifs is 1. The Labute approximate surface area is 181 Å². The minimum Gasteiger partial charge on any atom is -0.375 e. The van der Waals surface area contributed by atoms with E-state index >= 15 is 0 Å². The SMILES string of the molecule is COCC(=O)Nc1cccc(NC(=O)CCCN2C(=O)c3ccc(Br)cc3C2=O)c1. The summed E-state index contributed by atoms with van der Waals surface area (Å²) in [4.78, 5) is 49.8. The molecule has 1 heterocycles. The maximum Gasteiger partial charge on any atom is 0.261 e. The average Bonchev–Trinajstić information content (AvgIpc) is 2.92. The number of rotatable bonds is 8. The molecule has 0 aromatic heterocycles. The number of anilines is 2. The maximum absolute atomic E-state index is 12.4. The molecule has 9 heteroatoms. The number of hydrogen-bond acceptors (Lipinski definition) is 5. The molecule has 0 radical (unpaired) electrons. The lowest BCUT2D eigenvalue weighted by atomic mass is 10.1. The number of nitrogens with one attached hydrogen (secondary N) is 2. The summed E-state index contributed by atoms with van der Waals surface area (Å²) in [7, 11) is 1.43. The fourth-order valence-corrected chi connectivity index (χ4v) is 3.45. The van der Waals surface area contributed by atoms with Crippen molar-refractivity contribution in [1.82, 2.24) is 4.90 Å². The molecule has 0 spiro atoms. The van der Waals surface area contributed by atoms with Crippen molar-refractivity contribution in [2.45, 2.75) is 12.8 Å². The zero-order valence-corrected chi connectivity index (χ0v) is 17.8. The van der Waals surface area contributed by atoms with E-state index in [1.165, 1.54) is 7.11 Å².